The summed E-state index contributed by atoms with van der Waals surface area (Å²) in [4.78, 5) is 11.8. The SMILES string of the molecule is CCOC(=O)C(CC)Oc1ccccc1CNCCOC. The van der Waals surface area contributed by atoms with Gasteiger partial charge in [-0.1, -0.05) is 25.1 Å². The third-order valence-electron chi connectivity index (χ3n) is 2.96. The van der Waals surface area contributed by atoms with Crippen molar-refractivity contribution in [3.63, 3.8) is 0 Å². The van der Waals surface area contributed by atoms with Crippen LogP contribution in [0.15, 0.2) is 24.3 Å². The van der Waals surface area contributed by atoms with Gasteiger partial charge in [0.1, 0.15) is 5.75 Å². The van der Waals surface area contributed by atoms with Crippen LogP contribution in [0.4, 0.5) is 0 Å². The summed E-state index contributed by atoms with van der Waals surface area (Å²) in [6.07, 6.45) is 0.00894. The highest BCUT2D eigenvalue weighted by Gasteiger charge is 2.20. The fourth-order valence-electron chi connectivity index (χ4n) is 1.85. The van der Waals surface area contributed by atoms with Gasteiger partial charge in [-0.3, -0.25) is 0 Å². The third kappa shape index (κ3) is 6.14. The van der Waals surface area contributed by atoms with Crippen molar-refractivity contribution in [2.75, 3.05) is 26.9 Å². The number of hydrogen-bond acceptors (Lipinski definition) is 5. The first kappa shape index (κ1) is 17.5. The summed E-state index contributed by atoms with van der Waals surface area (Å²) in [5.74, 6) is 0.393. The molecule has 0 bridgehead atoms. The third-order valence-corrected chi connectivity index (χ3v) is 2.96. The van der Waals surface area contributed by atoms with Gasteiger partial charge in [-0.25, -0.2) is 4.79 Å². The van der Waals surface area contributed by atoms with Gasteiger partial charge in [-0.2, -0.15) is 0 Å². The van der Waals surface area contributed by atoms with Crippen molar-refractivity contribution in [1.29, 1.82) is 0 Å². The normalized spacial score (nSPS) is 12.0. The highest BCUT2D eigenvalue weighted by Crippen LogP contribution is 2.20. The molecule has 1 aromatic carbocycles. The molecule has 1 N–H and O–H groups in total. The molecule has 0 heterocycles. The molecule has 0 spiro atoms. The Hall–Kier alpha value is -1.59. The number of hydrogen-bond donors (Lipinski definition) is 1. The van der Waals surface area contributed by atoms with Gasteiger partial charge in [0.2, 0.25) is 0 Å². The van der Waals surface area contributed by atoms with E-state index in [1.54, 1.807) is 14.0 Å². The number of methoxy groups -OCH3 is 1. The first-order chi connectivity index (χ1) is 10.2. The van der Waals surface area contributed by atoms with Crippen molar-refractivity contribution in [2.24, 2.45) is 0 Å². The number of carbonyl (C=O) groups is 1. The number of benzene rings is 1. The topological polar surface area (TPSA) is 56.8 Å². The monoisotopic (exact) mass is 295 g/mol. The predicted octanol–water partition coefficient (Wildman–Crippen LogP) is 2.14. The predicted molar refractivity (Wildman–Crippen MR) is 81.4 cm³/mol. The zero-order chi connectivity index (χ0) is 15.5. The molecule has 1 atom stereocenters. The maximum absolute atomic E-state index is 11.8. The van der Waals surface area contributed by atoms with E-state index in [2.05, 4.69) is 5.32 Å². The minimum atomic E-state index is -0.565. The molecule has 0 amide bonds. The van der Waals surface area contributed by atoms with Gasteiger partial charge >= 0.3 is 5.97 Å². The summed E-state index contributed by atoms with van der Waals surface area (Å²) in [6, 6.07) is 7.69. The number of ether oxygens (including phenoxy) is 3. The van der Waals surface area contributed by atoms with Crippen molar-refractivity contribution in [3.8, 4) is 5.75 Å². The average molecular weight is 295 g/mol. The van der Waals surface area contributed by atoms with Gasteiger partial charge in [0.25, 0.3) is 0 Å². The molecule has 1 unspecified atom stereocenters. The Morgan fingerprint density at radius 2 is 2.05 bits per heavy atom. The van der Waals surface area contributed by atoms with Crippen LogP contribution in [0.25, 0.3) is 0 Å². The van der Waals surface area contributed by atoms with Gasteiger partial charge in [-0.15, -0.1) is 0 Å². The number of rotatable bonds is 10. The van der Waals surface area contributed by atoms with Gasteiger partial charge in [0.05, 0.1) is 13.2 Å². The summed E-state index contributed by atoms with van der Waals surface area (Å²) in [5.41, 5.74) is 1.01. The number of para-hydroxylation sites is 1. The molecule has 0 aromatic heterocycles. The second-order valence-corrected chi connectivity index (χ2v) is 4.54. The van der Waals surface area contributed by atoms with Crippen molar-refractivity contribution >= 4 is 5.97 Å². The van der Waals surface area contributed by atoms with Crippen LogP contribution in [0.5, 0.6) is 5.75 Å². The summed E-state index contributed by atoms with van der Waals surface area (Å²) >= 11 is 0. The molecule has 1 rings (SSSR count). The molecule has 21 heavy (non-hydrogen) atoms. The van der Waals surface area contributed by atoms with Crippen LogP contribution < -0.4 is 10.1 Å². The van der Waals surface area contributed by atoms with Crippen LogP contribution in [-0.2, 0) is 20.8 Å². The lowest BCUT2D eigenvalue weighted by Gasteiger charge is -2.18. The van der Waals surface area contributed by atoms with E-state index >= 15 is 0 Å². The molecule has 1 aromatic rings. The van der Waals surface area contributed by atoms with E-state index in [1.807, 2.05) is 31.2 Å². The van der Waals surface area contributed by atoms with Gasteiger partial charge in [-0.05, 0) is 19.4 Å². The second-order valence-electron chi connectivity index (χ2n) is 4.54. The molecular weight excluding hydrogens is 270 g/mol. The molecule has 5 heteroatoms. The lowest BCUT2D eigenvalue weighted by atomic mass is 10.2. The van der Waals surface area contributed by atoms with E-state index in [9.17, 15) is 4.79 Å². The fraction of sp³-hybridized carbons (Fsp3) is 0.562. The maximum atomic E-state index is 11.8. The number of carbonyl (C=O) groups excluding carboxylic acids is 1. The molecule has 0 radical (unpaired) electrons. The zero-order valence-corrected chi connectivity index (χ0v) is 13.1. The molecular formula is C16H25NO4. The quantitative estimate of drug-likeness (QED) is 0.529. The molecule has 0 aliphatic rings. The molecule has 0 fully saturated rings. The van der Waals surface area contributed by atoms with Crippen molar-refractivity contribution in [1.82, 2.24) is 5.32 Å². The zero-order valence-electron chi connectivity index (χ0n) is 13.1. The summed E-state index contributed by atoms with van der Waals surface area (Å²) in [7, 11) is 1.67. The van der Waals surface area contributed by atoms with Gasteiger partial charge in [0.15, 0.2) is 6.10 Å². The standard InChI is InChI=1S/C16H25NO4/c1-4-14(16(18)20-5-2)21-15-9-7-6-8-13(15)12-17-10-11-19-3/h6-9,14,17H,4-5,10-12H2,1-3H3. The molecule has 5 nitrogen and oxygen atoms in total. The van der Waals surface area contributed by atoms with Crippen LogP contribution in [0.1, 0.15) is 25.8 Å². The summed E-state index contributed by atoms with van der Waals surface area (Å²) < 4.78 is 15.8. The largest absolute Gasteiger partial charge is 0.478 e. The highest BCUT2D eigenvalue weighted by atomic mass is 16.6. The fourth-order valence-corrected chi connectivity index (χ4v) is 1.85. The minimum absolute atomic E-state index is 0.317. The van der Waals surface area contributed by atoms with E-state index in [0.717, 1.165) is 12.1 Å². The van der Waals surface area contributed by atoms with Crippen LogP contribution >= 0.6 is 0 Å². The lowest BCUT2D eigenvalue weighted by Crippen LogP contribution is -2.29. The summed E-state index contributed by atoms with van der Waals surface area (Å²) in [5, 5.41) is 3.27. The van der Waals surface area contributed by atoms with E-state index in [1.165, 1.54) is 0 Å². The molecule has 0 saturated carbocycles. The Morgan fingerprint density at radius 3 is 2.71 bits per heavy atom. The van der Waals surface area contributed by atoms with Crippen LogP contribution in [0.3, 0.4) is 0 Å². The molecule has 118 valence electrons. The molecule has 0 saturated heterocycles. The Balaban J connectivity index is 2.66. The van der Waals surface area contributed by atoms with Crippen LogP contribution in [0, 0.1) is 0 Å². The van der Waals surface area contributed by atoms with Crippen molar-refractivity contribution < 1.29 is 19.0 Å². The van der Waals surface area contributed by atoms with E-state index < -0.39 is 6.10 Å². The Bertz CT molecular complexity index is 422. The Labute approximate surface area is 126 Å². The van der Waals surface area contributed by atoms with Crippen molar-refractivity contribution in [2.45, 2.75) is 32.9 Å². The van der Waals surface area contributed by atoms with E-state index in [0.29, 0.717) is 31.9 Å². The Kier molecular flexibility index (Phi) is 8.47. The van der Waals surface area contributed by atoms with E-state index in [-0.39, 0.29) is 5.97 Å². The van der Waals surface area contributed by atoms with Crippen LogP contribution in [-0.4, -0.2) is 38.9 Å². The highest BCUT2D eigenvalue weighted by molar-refractivity contribution is 5.75. The second kappa shape index (κ2) is 10.2. The lowest BCUT2D eigenvalue weighted by molar-refractivity contribution is -0.151. The molecule has 0 aliphatic heterocycles. The summed E-state index contributed by atoms with van der Waals surface area (Å²) in [6.45, 7) is 6.14. The molecule has 0 aliphatic carbocycles. The maximum Gasteiger partial charge on any atom is 0.347 e. The average Bonchev–Trinajstić information content (AvgIpc) is 2.50. The van der Waals surface area contributed by atoms with Gasteiger partial charge in [0, 0.05) is 25.8 Å². The first-order valence-corrected chi connectivity index (χ1v) is 7.33. The number of esters is 1. The number of nitrogens with one attached hydrogen (secondary N) is 1. The van der Waals surface area contributed by atoms with Crippen LogP contribution in [0.2, 0.25) is 0 Å². The van der Waals surface area contributed by atoms with Crippen molar-refractivity contribution in [3.05, 3.63) is 29.8 Å². The van der Waals surface area contributed by atoms with E-state index in [4.69, 9.17) is 14.2 Å². The first-order valence-electron chi connectivity index (χ1n) is 7.33. The van der Waals surface area contributed by atoms with Gasteiger partial charge < -0.3 is 19.5 Å². The smallest absolute Gasteiger partial charge is 0.347 e. The minimum Gasteiger partial charge on any atom is -0.478 e. The Morgan fingerprint density at radius 1 is 1.29 bits per heavy atom.